The molecule has 0 aromatic carbocycles. The summed E-state index contributed by atoms with van der Waals surface area (Å²) in [5.41, 5.74) is -6.62. The van der Waals surface area contributed by atoms with Crippen molar-refractivity contribution in [3.05, 3.63) is 33.1 Å². The Morgan fingerprint density at radius 3 is 2.13 bits per heavy atom. The molecule has 17 nitrogen and oxygen atoms in total. The van der Waals surface area contributed by atoms with Crippen molar-refractivity contribution < 1.29 is 66.0 Å². The van der Waals surface area contributed by atoms with Gasteiger partial charge in [0.05, 0.1) is 19.8 Å². The minimum atomic E-state index is -4.87. The number of hydrogen-bond acceptors (Lipinski definition) is 15. The number of nitrogens with one attached hydrogen (secondary N) is 1. The maximum atomic E-state index is 14.3. The van der Waals surface area contributed by atoms with Crippen molar-refractivity contribution in [2.24, 2.45) is 0 Å². The number of ether oxygens (including phenoxy) is 5. The molecule has 38 heavy (non-hydrogen) atoms. The Hall–Kier alpha value is -2.86. The molecular weight excluding hydrogens is 546 g/mol. The molecule has 4 atom stereocenters. The van der Waals surface area contributed by atoms with Crippen molar-refractivity contribution in [2.75, 3.05) is 40.1 Å². The van der Waals surface area contributed by atoms with Crippen molar-refractivity contribution in [3.63, 3.8) is 0 Å². The van der Waals surface area contributed by atoms with Crippen LogP contribution in [0.15, 0.2) is 21.9 Å². The molecule has 3 N–H and O–H groups in total. The fourth-order valence-electron chi connectivity index (χ4n) is 3.18. The number of rotatable bonds is 13. The lowest BCUT2D eigenvalue weighted by atomic mass is 9.88. The minimum absolute atomic E-state index is 0.0510. The van der Waals surface area contributed by atoms with E-state index in [0.29, 0.717) is 4.57 Å². The lowest BCUT2D eigenvalue weighted by Crippen LogP contribution is -2.53. The third kappa shape index (κ3) is 7.59. The predicted molar refractivity (Wildman–Crippen MR) is 118 cm³/mol. The Balaban J connectivity index is 2.23. The Morgan fingerprint density at radius 1 is 1.11 bits per heavy atom. The molecule has 2 heterocycles. The summed E-state index contributed by atoms with van der Waals surface area (Å²) in [5, 5.41) is 21.6. The number of H-pyrrole nitrogens is 1. The van der Waals surface area contributed by atoms with Crippen molar-refractivity contribution in [2.45, 2.75) is 44.3 Å². The van der Waals surface area contributed by atoms with Gasteiger partial charge < -0.3 is 33.9 Å². The first-order chi connectivity index (χ1) is 17.8. The van der Waals surface area contributed by atoms with Crippen LogP contribution in [0, 0.1) is 0 Å². The van der Waals surface area contributed by atoms with Gasteiger partial charge in [0.1, 0.15) is 18.4 Å². The molecule has 1 aliphatic rings. The highest BCUT2D eigenvalue weighted by Gasteiger charge is 2.63. The molecule has 0 radical (unpaired) electrons. The van der Waals surface area contributed by atoms with Crippen LogP contribution < -0.4 is 11.2 Å². The number of phosphoric acid groups is 1. The molecule has 1 fully saturated rings. The van der Waals surface area contributed by atoms with E-state index in [0.717, 1.165) is 19.2 Å². The smallest absolute Gasteiger partial charge is 0.435 e. The molecule has 216 valence electrons. The van der Waals surface area contributed by atoms with Crippen molar-refractivity contribution in [1.82, 2.24) is 9.55 Å². The number of aromatic amines is 1. The second kappa shape index (κ2) is 13.3. The number of aromatic nitrogens is 2. The van der Waals surface area contributed by atoms with Gasteiger partial charge in [-0.25, -0.2) is 32.4 Å². The molecule has 19 heteroatoms. The van der Waals surface area contributed by atoms with Crippen LogP contribution in [-0.4, -0.2) is 89.5 Å². The topological polar surface area (TPSA) is 220 Å². The van der Waals surface area contributed by atoms with E-state index in [9.17, 15) is 38.3 Å². The molecule has 0 spiro atoms. The zero-order valence-corrected chi connectivity index (χ0v) is 21.4. The first-order valence-electron chi connectivity index (χ1n) is 10.9. The SMILES string of the molecule is CCOC(=O)OCOP(=O)(OCOC(=O)OCC)OCC1(CF)OC(n2ccc(=O)[nH]c2=O)C(C)(O)C1O. The van der Waals surface area contributed by atoms with E-state index in [4.69, 9.17) is 18.3 Å². The zero-order valence-electron chi connectivity index (χ0n) is 20.5. The molecule has 0 aliphatic carbocycles. The lowest BCUT2D eigenvalue weighted by molar-refractivity contribution is -0.141. The first kappa shape index (κ1) is 31.4. The summed E-state index contributed by atoms with van der Waals surface area (Å²) < 4.78 is 66.2. The summed E-state index contributed by atoms with van der Waals surface area (Å²) in [5.74, 6) is 0. The number of alkyl halides is 1. The largest absolute Gasteiger partial charge is 0.510 e. The quantitative estimate of drug-likeness (QED) is 0.164. The first-order valence-corrected chi connectivity index (χ1v) is 12.4. The third-order valence-corrected chi connectivity index (χ3v) is 6.28. The minimum Gasteiger partial charge on any atom is -0.435 e. The van der Waals surface area contributed by atoms with Gasteiger partial charge in [-0.2, -0.15) is 0 Å². The average Bonchev–Trinajstić information content (AvgIpc) is 3.04. The Bertz CT molecular complexity index is 1100. The van der Waals surface area contributed by atoms with Gasteiger partial charge >= 0.3 is 25.8 Å². The van der Waals surface area contributed by atoms with E-state index in [2.05, 4.69) is 18.9 Å². The molecule has 0 saturated carbocycles. The van der Waals surface area contributed by atoms with Crippen LogP contribution in [0.4, 0.5) is 14.0 Å². The Labute approximate surface area is 213 Å². The van der Waals surface area contributed by atoms with Gasteiger partial charge in [0, 0.05) is 12.3 Å². The van der Waals surface area contributed by atoms with Gasteiger partial charge in [0.2, 0.25) is 13.6 Å². The molecule has 0 amide bonds. The number of nitrogens with zero attached hydrogens (tertiary/aromatic N) is 1. The Morgan fingerprint density at radius 2 is 1.66 bits per heavy atom. The standard InChI is InChI=1S/C19H28FN2O15P/c1-4-30-16(26)32-10-35-38(29,36-11-33-17(27)31-5-2)34-9-19(8-20)13(24)18(3,28)14(37-19)22-7-6-12(23)21-15(22)25/h6-7,13-14,24,28H,4-5,8-11H2,1-3H3,(H,21,23,25). The number of hydrogen-bond donors (Lipinski definition) is 3. The number of carbonyl (C=O) groups excluding carboxylic acids is 2. The van der Waals surface area contributed by atoms with Crippen LogP contribution in [-0.2, 0) is 41.8 Å². The number of phosphoric ester groups is 1. The molecule has 2 rings (SSSR count). The van der Waals surface area contributed by atoms with Gasteiger partial charge in [0.15, 0.2) is 11.8 Å². The maximum Gasteiger partial charge on any atom is 0.510 e. The predicted octanol–water partition coefficient (Wildman–Crippen LogP) is 0.305. The maximum absolute atomic E-state index is 14.3. The Kier molecular flexibility index (Phi) is 11.0. The molecular formula is C19H28FN2O15P. The van der Waals surface area contributed by atoms with E-state index in [1.807, 2.05) is 4.98 Å². The van der Waals surface area contributed by atoms with Crippen molar-refractivity contribution in [1.29, 1.82) is 0 Å². The van der Waals surface area contributed by atoms with E-state index in [1.165, 1.54) is 13.8 Å². The molecule has 1 aromatic heterocycles. The molecule has 0 bridgehead atoms. The second-order valence-corrected chi connectivity index (χ2v) is 9.35. The summed E-state index contributed by atoms with van der Waals surface area (Å²) in [4.78, 5) is 48.2. The van der Waals surface area contributed by atoms with Gasteiger partial charge in [0.25, 0.3) is 5.56 Å². The van der Waals surface area contributed by atoms with Gasteiger partial charge in [-0.05, 0) is 20.8 Å². The number of aliphatic hydroxyl groups is 2. The fraction of sp³-hybridized carbons (Fsp3) is 0.684. The summed E-state index contributed by atoms with van der Waals surface area (Å²) in [6, 6.07) is 0.919. The normalized spacial score (nSPS) is 25.1. The average molecular weight is 574 g/mol. The van der Waals surface area contributed by atoms with Crippen molar-refractivity contribution >= 4 is 20.1 Å². The zero-order chi connectivity index (χ0) is 28.6. The highest BCUT2D eigenvalue weighted by molar-refractivity contribution is 7.48. The van der Waals surface area contributed by atoms with Crippen LogP contribution in [0.25, 0.3) is 0 Å². The lowest BCUT2D eigenvalue weighted by Gasteiger charge is -2.31. The van der Waals surface area contributed by atoms with Gasteiger partial charge in [-0.3, -0.25) is 18.9 Å². The van der Waals surface area contributed by atoms with Gasteiger partial charge in [-0.15, -0.1) is 0 Å². The van der Waals surface area contributed by atoms with Crippen LogP contribution in [0.1, 0.15) is 27.0 Å². The van der Waals surface area contributed by atoms with Crippen LogP contribution >= 0.6 is 7.82 Å². The number of carbonyl (C=O) groups is 2. The van der Waals surface area contributed by atoms with Crippen molar-refractivity contribution in [3.8, 4) is 0 Å². The number of aliphatic hydroxyl groups excluding tert-OH is 1. The molecule has 4 unspecified atom stereocenters. The molecule has 1 aliphatic heterocycles. The van der Waals surface area contributed by atoms with Crippen LogP contribution in [0.5, 0.6) is 0 Å². The summed E-state index contributed by atoms with van der Waals surface area (Å²) in [6.45, 7) is -0.927. The van der Waals surface area contributed by atoms with E-state index in [1.54, 1.807) is 0 Å². The highest BCUT2D eigenvalue weighted by atomic mass is 31.2. The third-order valence-electron chi connectivity index (χ3n) is 4.99. The van der Waals surface area contributed by atoms with E-state index >= 15 is 0 Å². The summed E-state index contributed by atoms with van der Waals surface area (Å²) in [6.07, 6.45) is -5.33. The van der Waals surface area contributed by atoms with E-state index < -0.39 is 81.8 Å². The summed E-state index contributed by atoms with van der Waals surface area (Å²) in [7, 11) is -4.87. The number of halogens is 1. The molecule has 1 aromatic rings. The second-order valence-electron chi connectivity index (χ2n) is 7.68. The fourth-order valence-corrected chi connectivity index (χ4v) is 4.14. The van der Waals surface area contributed by atoms with Gasteiger partial charge in [-0.1, -0.05) is 0 Å². The van der Waals surface area contributed by atoms with E-state index in [-0.39, 0.29) is 13.2 Å². The molecule has 1 saturated heterocycles. The van der Waals surface area contributed by atoms with Crippen LogP contribution in [0.2, 0.25) is 0 Å². The van der Waals surface area contributed by atoms with Crippen LogP contribution in [0.3, 0.4) is 0 Å². The highest BCUT2D eigenvalue weighted by Crippen LogP contribution is 2.52. The summed E-state index contributed by atoms with van der Waals surface area (Å²) >= 11 is 0. The monoisotopic (exact) mass is 574 g/mol.